The molecule has 0 saturated carbocycles. The molecule has 0 saturated heterocycles. The van der Waals surface area contributed by atoms with E-state index in [1.165, 1.54) is 0 Å². The fraction of sp³-hybridized carbons (Fsp3) is 0.0667. The van der Waals surface area contributed by atoms with Gasteiger partial charge in [-0.15, -0.1) is 0 Å². The van der Waals surface area contributed by atoms with Crippen molar-refractivity contribution in [2.75, 3.05) is 0 Å². The Labute approximate surface area is 121 Å². The zero-order valence-electron chi connectivity index (χ0n) is 10.7. The van der Waals surface area contributed by atoms with Crippen molar-refractivity contribution in [3.8, 4) is 5.75 Å². The van der Waals surface area contributed by atoms with Gasteiger partial charge >= 0.3 is 0 Å². The van der Waals surface area contributed by atoms with Gasteiger partial charge in [0.25, 0.3) is 0 Å². The maximum Gasteiger partial charge on any atom is 0.137 e. The van der Waals surface area contributed by atoms with Gasteiger partial charge in [0.1, 0.15) is 23.0 Å². The van der Waals surface area contributed by atoms with E-state index in [1.54, 1.807) is 0 Å². The molecule has 0 unspecified atom stereocenters. The summed E-state index contributed by atoms with van der Waals surface area (Å²) in [7, 11) is 0. The molecule has 0 fully saturated rings. The van der Waals surface area contributed by atoms with E-state index in [0.29, 0.717) is 11.6 Å². The van der Waals surface area contributed by atoms with Crippen LogP contribution < -0.4 is 10.5 Å². The summed E-state index contributed by atoms with van der Waals surface area (Å²) >= 11 is 4.91. The van der Waals surface area contributed by atoms with E-state index in [0.717, 1.165) is 22.7 Å². The number of nitrogens with zero attached hydrogens (tertiary/aromatic N) is 2. The molecule has 2 aromatic heterocycles. The van der Waals surface area contributed by atoms with Crippen LogP contribution in [0.5, 0.6) is 5.75 Å². The van der Waals surface area contributed by atoms with Crippen molar-refractivity contribution in [2.24, 2.45) is 5.73 Å². The molecule has 5 heteroatoms. The molecule has 0 amide bonds. The third-order valence-corrected chi connectivity index (χ3v) is 3.18. The maximum atomic E-state index is 5.70. The first-order chi connectivity index (χ1) is 9.72. The number of imidazole rings is 1. The Morgan fingerprint density at radius 1 is 1.20 bits per heavy atom. The van der Waals surface area contributed by atoms with E-state index in [9.17, 15) is 0 Å². The van der Waals surface area contributed by atoms with E-state index < -0.39 is 0 Å². The Kier molecular flexibility index (Phi) is 3.35. The van der Waals surface area contributed by atoms with Crippen molar-refractivity contribution in [1.29, 1.82) is 0 Å². The predicted molar refractivity (Wildman–Crippen MR) is 81.9 cm³/mol. The Morgan fingerprint density at radius 2 is 2.00 bits per heavy atom. The van der Waals surface area contributed by atoms with Crippen LogP contribution in [-0.2, 0) is 6.61 Å². The lowest BCUT2D eigenvalue weighted by Crippen LogP contribution is -2.08. The van der Waals surface area contributed by atoms with E-state index in [4.69, 9.17) is 22.7 Å². The van der Waals surface area contributed by atoms with Crippen LogP contribution in [0.4, 0.5) is 0 Å². The second kappa shape index (κ2) is 5.30. The highest BCUT2D eigenvalue weighted by Crippen LogP contribution is 2.14. The SMILES string of the molecule is NC(=S)c1ccc(OCc2cn3ccccc3n2)cc1. The Morgan fingerprint density at radius 3 is 2.70 bits per heavy atom. The average Bonchev–Trinajstić information content (AvgIpc) is 2.88. The highest BCUT2D eigenvalue weighted by atomic mass is 32.1. The van der Waals surface area contributed by atoms with Crippen LogP contribution in [0.15, 0.2) is 54.9 Å². The summed E-state index contributed by atoms with van der Waals surface area (Å²) in [5.74, 6) is 0.766. The molecule has 0 atom stereocenters. The monoisotopic (exact) mass is 283 g/mol. The summed E-state index contributed by atoms with van der Waals surface area (Å²) in [6, 6.07) is 13.3. The van der Waals surface area contributed by atoms with Crippen molar-refractivity contribution >= 4 is 22.9 Å². The van der Waals surface area contributed by atoms with Gasteiger partial charge in [0, 0.05) is 18.0 Å². The topological polar surface area (TPSA) is 52.5 Å². The molecular formula is C15H13N3OS. The van der Waals surface area contributed by atoms with Crippen LogP contribution in [0, 0.1) is 0 Å². The van der Waals surface area contributed by atoms with Gasteiger partial charge in [-0.25, -0.2) is 4.98 Å². The van der Waals surface area contributed by atoms with Crippen molar-refractivity contribution in [1.82, 2.24) is 9.38 Å². The Balaban J connectivity index is 1.71. The first-order valence-electron chi connectivity index (χ1n) is 6.18. The van der Waals surface area contributed by atoms with Gasteiger partial charge in [-0.1, -0.05) is 18.3 Å². The summed E-state index contributed by atoms with van der Waals surface area (Å²) in [4.78, 5) is 4.86. The molecule has 0 bridgehead atoms. The van der Waals surface area contributed by atoms with Crippen LogP contribution in [0.3, 0.4) is 0 Å². The number of pyridine rings is 1. The first kappa shape index (κ1) is 12.6. The maximum absolute atomic E-state index is 5.70. The number of ether oxygens (including phenoxy) is 1. The van der Waals surface area contributed by atoms with E-state index >= 15 is 0 Å². The van der Waals surface area contributed by atoms with Crippen LogP contribution in [0.2, 0.25) is 0 Å². The molecular weight excluding hydrogens is 270 g/mol. The minimum absolute atomic E-state index is 0.386. The van der Waals surface area contributed by atoms with E-state index in [2.05, 4.69) is 4.98 Å². The summed E-state index contributed by atoms with van der Waals surface area (Å²) in [5, 5.41) is 0. The van der Waals surface area contributed by atoms with Gasteiger partial charge < -0.3 is 14.9 Å². The molecule has 2 heterocycles. The first-order valence-corrected chi connectivity index (χ1v) is 6.58. The van der Waals surface area contributed by atoms with Crippen LogP contribution in [0.1, 0.15) is 11.3 Å². The van der Waals surface area contributed by atoms with Gasteiger partial charge in [0.05, 0.1) is 5.69 Å². The molecule has 20 heavy (non-hydrogen) atoms. The summed E-state index contributed by atoms with van der Waals surface area (Å²) in [6.07, 6.45) is 3.92. The summed E-state index contributed by atoms with van der Waals surface area (Å²) < 4.78 is 7.66. The van der Waals surface area contributed by atoms with Crippen molar-refractivity contribution < 1.29 is 4.74 Å². The fourth-order valence-electron chi connectivity index (χ4n) is 1.93. The number of hydrogen-bond acceptors (Lipinski definition) is 3. The number of benzene rings is 1. The molecule has 0 spiro atoms. The number of nitrogens with two attached hydrogens (primary N) is 1. The molecule has 4 nitrogen and oxygen atoms in total. The smallest absolute Gasteiger partial charge is 0.137 e. The number of fused-ring (bicyclic) bond motifs is 1. The Bertz CT molecular complexity index is 716. The lowest BCUT2D eigenvalue weighted by atomic mass is 10.2. The van der Waals surface area contributed by atoms with Crippen molar-refractivity contribution in [2.45, 2.75) is 6.61 Å². The van der Waals surface area contributed by atoms with E-state index in [1.807, 2.05) is 59.3 Å². The highest BCUT2D eigenvalue weighted by molar-refractivity contribution is 7.80. The van der Waals surface area contributed by atoms with Crippen LogP contribution in [-0.4, -0.2) is 14.4 Å². The standard InChI is InChI=1S/C15H13N3OS/c16-15(20)11-4-6-13(7-5-11)19-10-12-9-18-8-2-1-3-14(18)17-12/h1-9H,10H2,(H2,16,20). The zero-order valence-corrected chi connectivity index (χ0v) is 11.5. The molecule has 0 radical (unpaired) electrons. The van der Waals surface area contributed by atoms with Crippen molar-refractivity contribution in [3.05, 3.63) is 66.1 Å². The van der Waals surface area contributed by atoms with Gasteiger partial charge in [-0.3, -0.25) is 0 Å². The highest BCUT2D eigenvalue weighted by Gasteiger charge is 2.02. The largest absolute Gasteiger partial charge is 0.487 e. The normalized spacial score (nSPS) is 10.6. The predicted octanol–water partition coefficient (Wildman–Crippen LogP) is 2.55. The number of rotatable bonds is 4. The van der Waals surface area contributed by atoms with E-state index in [-0.39, 0.29) is 0 Å². The second-order valence-corrected chi connectivity index (χ2v) is 4.82. The molecule has 0 aliphatic heterocycles. The van der Waals surface area contributed by atoms with Crippen molar-refractivity contribution in [3.63, 3.8) is 0 Å². The molecule has 3 aromatic rings. The minimum atomic E-state index is 0.386. The van der Waals surface area contributed by atoms with Gasteiger partial charge in [0.15, 0.2) is 0 Å². The quantitative estimate of drug-likeness (QED) is 0.748. The zero-order chi connectivity index (χ0) is 13.9. The van der Waals surface area contributed by atoms with Gasteiger partial charge in [-0.2, -0.15) is 0 Å². The third kappa shape index (κ3) is 2.62. The lowest BCUT2D eigenvalue weighted by molar-refractivity contribution is 0.302. The van der Waals surface area contributed by atoms with Gasteiger partial charge in [0.2, 0.25) is 0 Å². The molecule has 2 N–H and O–H groups in total. The fourth-order valence-corrected chi connectivity index (χ4v) is 2.07. The third-order valence-electron chi connectivity index (χ3n) is 2.94. The lowest BCUT2D eigenvalue weighted by Gasteiger charge is -2.04. The molecule has 100 valence electrons. The second-order valence-electron chi connectivity index (χ2n) is 4.38. The summed E-state index contributed by atoms with van der Waals surface area (Å²) in [6.45, 7) is 0.425. The number of thiocarbonyl (C=S) groups is 1. The molecule has 0 aliphatic rings. The molecule has 1 aromatic carbocycles. The average molecular weight is 283 g/mol. The van der Waals surface area contributed by atoms with Gasteiger partial charge in [-0.05, 0) is 36.4 Å². The number of hydrogen-bond donors (Lipinski definition) is 1. The molecule has 0 aliphatic carbocycles. The summed E-state index contributed by atoms with van der Waals surface area (Å²) in [5.41, 5.74) is 8.18. The number of aromatic nitrogens is 2. The van der Waals surface area contributed by atoms with Crippen LogP contribution in [0.25, 0.3) is 5.65 Å². The minimum Gasteiger partial charge on any atom is -0.487 e. The Hall–Kier alpha value is -2.40. The molecule has 3 rings (SSSR count). The van der Waals surface area contributed by atoms with Crippen LogP contribution >= 0.6 is 12.2 Å².